The molecule has 7 nitrogen and oxygen atoms in total. The predicted molar refractivity (Wildman–Crippen MR) is 110 cm³/mol. The molecule has 0 unspecified atom stereocenters. The average Bonchev–Trinajstić information content (AvgIpc) is 2.66. The van der Waals surface area contributed by atoms with E-state index in [0.29, 0.717) is 5.75 Å². The maximum Gasteiger partial charge on any atom is 0.267 e. The molecule has 0 saturated carbocycles. The van der Waals surface area contributed by atoms with Crippen LogP contribution in [0.4, 0.5) is 4.39 Å². The van der Waals surface area contributed by atoms with E-state index in [0.717, 1.165) is 18.4 Å². The topological polar surface area (TPSA) is 94.6 Å². The van der Waals surface area contributed by atoms with Crippen LogP contribution >= 0.6 is 23.2 Å². The highest BCUT2D eigenvalue weighted by Crippen LogP contribution is 2.35. The summed E-state index contributed by atoms with van der Waals surface area (Å²) >= 11 is 12.2. The van der Waals surface area contributed by atoms with Crippen molar-refractivity contribution in [3.8, 4) is 23.1 Å². The van der Waals surface area contributed by atoms with Gasteiger partial charge in [0.25, 0.3) is 5.91 Å². The van der Waals surface area contributed by atoms with Crippen molar-refractivity contribution in [1.82, 2.24) is 9.71 Å². The van der Waals surface area contributed by atoms with Gasteiger partial charge < -0.3 is 9.47 Å². The molecule has 0 fully saturated rings. The molecule has 0 spiro atoms. The summed E-state index contributed by atoms with van der Waals surface area (Å²) in [6.07, 6.45) is 2.06. The Bertz CT molecular complexity index is 1210. The zero-order valence-corrected chi connectivity index (χ0v) is 17.6. The number of sulfonamides is 1. The molecule has 0 atom stereocenters. The Morgan fingerprint density at radius 3 is 2.37 bits per heavy atom. The van der Waals surface area contributed by atoms with Crippen molar-refractivity contribution in [2.75, 3.05) is 6.26 Å². The third kappa shape index (κ3) is 5.59. The lowest BCUT2D eigenvalue weighted by molar-refractivity contribution is 0.0977. The van der Waals surface area contributed by atoms with Crippen molar-refractivity contribution < 1.29 is 27.1 Å². The van der Waals surface area contributed by atoms with Crippen LogP contribution in [0.5, 0.6) is 23.1 Å². The van der Waals surface area contributed by atoms with Gasteiger partial charge in [0.05, 0.1) is 23.0 Å². The van der Waals surface area contributed by atoms with E-state index in [1.807, 2.05) is 6.07 Å². The molecule has 1 aromatic heterocycles. The highest BCUT2D eigenvalue weighted by atomic mass is 35.5. The average molecular weight is 471 g/mol. The first-order valence-corrected chi connectivity index (χ1v) is 10.8. The monoisotopic (exact) mass is 470 g/mol. The van der Waals surface area contributed by atoms with E-state index in [1.165, 1.54) is 12.3 Å². The zero-order chi connectivity index (χ0) is 21.9. The second-order valence-electron chi connectivity index (χ2n) is 5.94. The number of halogens is 3. The maximum absolute atomic E-state index is 14.3. The summed E-state index contributed by atoms with van der Waals surface area (Å²) in [4.78, 5) is 15.9. The lowest BCUT2D eigenvalue weighted by Crippen LogP contribution is -2.30. The molecular formula is C19H13Cl2FN2O5S. The van der Waals surface area contributed by atoms with Gasteiger partial charge in [0.1, 0.15) is 28.1 Å². The second kappa shape index (κ2) is 8.86. The Morgan fingerprint density at radius 1 is 1.03 bits per heavy atom. The number of para-hydroxylation sites is 1. The van der Waals surface area contributed by atoms with Gasteiger partial charge in [-0.25, -0.2) is 22.5 Å². The fourth-order valence-electron chi connectivity index (χ4n) is 2.27. The third-order valence-corrected chi connectivity index (χ3v) is 4.63. The molecule has 1 amide bonds. The third-order valence-electron chi connectivity index (χ3n) is 3.51. The molecular weight excluding hydrogens is 458 g/mol. The van der Waals surface area contributed by atoms with Crippen LogP contribution < -0.4 is 14.2 Å². The van der Waals surface area contributed by atoms with Crippen molar-refractivity contribution in [2.24, 2.45) is 0 Å². The summed E-state index contributed by atoms with van der Waals surface area (Å²) in [7, 11) is -3.87. The highest BCUT2D eigenvalue weighted by Gasteiger charge is 2.19. The molecule has 0 aliphatic carbocycles. The summed E-state index contributed by atoms with van der Waals surface area (Å²) in [5, 5.41) is 0.00730. The van der Waals surface area contributed by atoms with Crippen LogP contribution in [-0.4, -0.2) is 25.6 Å². The number of aromatic nitrogens is 1. The number of hydrogen-bond acceptors (Lipinski definition) is 6. The normalized spacial score (nSPS) is 11.1. The Kier molecular flexibility index (Phi) is 6.45. The number of carbonyl (C=O) groups is 1. The number of nitrogens with one attached hydrogen (secondary N) is 1. The Hall–Kier alpha value is -2.88. The van der Waals surface area contributed by atoms with Gasteiger partial charge in [-0.3, -0.25) is 4.79 Å². The molecule has 0 saturated heterocycles. The highest BCUT2D eigenvalue weighted by molar-refractivity contribution is 7.89. The van der Waals surface area contributed by atoms with Gasteiger partial charge in [-0.05, 0) is 18.2 Å². The Morgan fingerprint density at radius 2 is 1.73 bits per heavy atom. The summed E-state index contributed by atoms with van der Waals surface area (Å²) in [6, 6.07) is 12.1. The van der Waals surface area contributed by atoms with Crippen LogP contribution in [0, 0.1) is 5.82 Å². The van der Waals surface area contributed by atoms with Crippen molar-refractivity contribution in [1.29, 1.82) is 0 Å². The van der Waals surface area contributed by atoms with Crippen LogP contribution in [0.2, 0.25) is 10.0 Å². The lowest BCUT2D eigenvalue weighted by atomic mass is 10.2. The molecule has 1 N–H and O–H groups in total. The van der Waals surface area contributed by atoms with Crippen LogP contribution in [0.1, 0.15) is 10.4 Å². The van der Waals surface area contributed by atoms with Crippen LogP contribution in [0.25, 0.3) is 0 Å². The molecule has 0 aliphatic heterocycles. The number of benzene rings is 2. The summed E-state index contributed by atoms with van der Waals surface area (Å²) < 4.78 is 49.3. The number of amides is 1. The second-order valence-corrected chi connectivity index (χ2v) is 8.50. The maximum atomic E-state index is 14.3. The largest absolute Gasteiger partial charge is 0.454 e. The number of carbonyl (C=O) groups excluding carboxylic acids is 1. The Balaban J connectivity index is 1.80. The SMILES string of the molecule is CS(=O)(=O)NC(=O)c1cc(Cl)c(Oc2cnc(Oc3ccccc3)c(Cl)c2)cc1F. The van der Waals surface area contributed by atoms with Crippen LogP contribution in [-0.2, 0) is 10.0 Å². The summed E-state index contributed by atoms with van der Waals surface area (Å²) in [5.74, 6) is -1.50. The number of ether oxygens (including phenoxy) is 2. The molecule has 2 aromatic carbocycles. The minimum Gasteiger partial charge on any atom is -0.454 e. The lowest BCUT2D eigenvalue weighted by Gasteiger charge is -2.12. The molecule has 0 radical (unpaired) electrons. The van der Waals surface area contributed by atoms with Crippen molar-refractivity contribution >= 4 is 39.1 Å². The fourth-order valence-corrected chi connectivity index (χ4v) is 3.11. The Labute approximate surface area is 181 Å². The number of nitrogens with zero attached hydrogens (tertiary/aromatic N) is 1. The van der Waals surface area contributed by atoms with Crippen molar-refractivity contribution in [3.05, 3.63) is 76.2 Å². The van der Waals surface area contributed by atoms with E-state index >= 15 is 0 Å². The first-order valence-electron chi connectivity index (χ1n) is 8.20. The van der Waals surface area contributed by atoms with E-state index in [9.17, 15) is 17.6 Å². The number of pyridine rings is 1. The summed E-state index contributed by atoms with van der Waals surface area (Å²) in [5.41, 5.74) is -0.555. The first-order chi connectivity index (χ1) is 14.1. The van der Waals surface area contributed by atoms with Gasteiger partial charge in [-0.2, -0.15) is 0 Å². The molecule has 0 aliphatic rings. The minimum absolute atomic E-state index is 0.125. The van der Waals surface area contributed by atoms with Crippen LogP contribution in [0.3, 0.4) is 0 Å². The smallest absolute Gasteiger partial charge is 0.267 e. The van der Waals surface area contributed by atoms with Crippen LogP contribution in [0.15, 0.2) is 54.7 Å². The van der Waals surface area contributed by atoms with E-state index in [1.54, 1.807) is 29.0 Å². The van der Waals surface area contributed by atoms with E-state index in [-0.39, 0.29) is 27.4 Å². The van der Waals surface area contributed by atoms with Gasteiger partial charge in [0, 0.05) is 12.1 Å². The molecule has 3 rings (SSSR count). The van der Waals surface area contributed by atoms with Gasteiger partial charge in [0.2, 0.25) is 15.9 Å². The quantitative estimate of drug-likeness (QED) is 0.555. The van der Waals surface area contributed by atoms with Gasteiger partial charge in [-0.1, -0.05) is 41.4 Å². The van der Waals surface area contributed by atoms with Gasteiger partial charge >= 0.3 is 0 Å². The summed E-state index contributed by atoms with van der Waals surface area (Å²) in [6.45, 7) is 0. The van der Waals surface area contributed by atoms with E-state index < -0.39 is 27.3 Å². The fraction of sp³-hybridized carbons (Fsp3) is 0.0526. The van der Waals surface area contributed by atoms with Gasteiger partial charge in [-0.15, -0.1) is 0 Å². The number of rotatable bonds is 6. The molecule has 1 heterocycles. The van der Waals surface area contributed by atoms with Crippen molar-refractivity contribution in [3.63, 3.8) is 0 Å². The molecule has 3 aromatic rings. The van der Waals surface area contributed by atoms with E-state index in [2.05, 4.69) is 4.98 Å². The van der Waals surface area contributed by atoms with Crippen molar-refractivity contribution in [2.45, 2.75) is 0 Å². The molecule has 156 valence electrons. The standard InChI is InChI=1S/C19H13Cl2FN2O5S/c1-30(26,27)24-18(25)13-8-14(20)17(9-16(13)22)28-12-7-15(21)19(23-10-12)29-11-5-3-2-4-6-11/h2-10H,1H3,(H,24,25). The molecule has 11 heteroatoms. The van der Waals surface area contributed by atoms with E-state index in [4.69, 9.17) is 32.7 Å². The molecule has 30 heavy (non-hydrogen) atoms. The minimum atomic E-state index is -3.87. The first kappa shape index (κ1) is 21.8. The zero-order valence-electron chi connectivity index (χ0n) is 15.2. The van der Waals surface area contributed by atoms with Gasteiger partial charge in [0.15, 0.2) is 0 Å². The molecule has 0 bridgehead atoms. The predicted octanol–water partition coefficient (Wildman–Crippen LogP) is 4.80. The number of hydrogen-bond donors (Lipinski definition) is 1.